The largest absolute Gasteiger partial charge is 0.377 e. The second-order valence-corrected chi connectivity index (χ2v) is 4.68. The van der Waals surface area contributed by atoms with Crippen LogP contribution in [0.2, 0.25) is 0 Å². The van der Waals surface area contributed by atoms with Gasteiger partial charge in [0.2, 0.25) is 0 Å². The zero-order valence-electron chi connectivity index (χ0n) is 10.6. The normalized spacial score (nSPS) is 10.8. The highest BCUT2D eigenvalue weighted by molar-refractivity contribution is 5.88. The molecule has 0 unspecified atom stereocenters. The van der Waals surface area contributed by atoms with Gasteiger partial charge in [-0.1, -0.05) is 36.4 Å². The van der Waals surface area contributed by atoms with Crippen LogP contribution in [0.1, 0.15) is 0 Å². The van der Waals surface area contributed by atoms with Gasteiger partial charge in [-0.05, 0) is 18.2 Å². The Morgan fingerprint density at radius 2 is 1.61 bits per heavy atom. The molecule has 1 heterocycles. The number of nitrogens with one attached hydrogen (secondary N) is 1. The monoisotopic (exact) mass is 236 g/mol. The van der Waals surface area contributed by atoms with E-state index in [0.29, 0.717) is 0 Å². The van der Waals surface area contributed by atoms with Gasteiger partial charge in [0.05, 0.1) is 0 Å². The van der Waals surface area contributed by atoms with Crippen LogP contribution >= 0.6 is 0 Å². The highest BCUT2D eigenvalue weighted by atomic mass is 15.1. The molecule has 1 N–H and O–H groups in total. The van der Waals surface area contributed by atoms with Gasteiger partial charge < -0.3 is 9.88 Å². The van der Waals surface area contributed by atoms with Crippen LogP contribution in [0.4, 0.5) is 5.69 Å². The van der Waals surface area contributed by atoms with E-state index in [1.807, 2.05) is 0 Å². The molecule has 0 saturated heterocycles. The lowest BCUT2D eigenvalue weighted by Crippen LogP contribution is -2.09. The van der Waals surface area contributed by atoms with Crippen LogP contribution in [-0.2, 0) is 0 Å². The Kier molecular flexibility index (Phi) is 2.56. The fraction of sp³-hybridized carbons (Fsp3) is 0.125. The summed E-state index contributed by atoms with van der Waals surface area (Å²) in [7, 11) is 4.14. The summed E-state index contributed by atoms with van der Waals surface area (Å²) in [4.78, 5) is 5.62. The highest BCUT2D eigenvalue weighted by Gasteiger charge is 2.08. The molecular weight excluding hydrogens is 220 g/mol. The van der Waals surface area contributed by atoms with Gasteiger partial charge in [0.1, 0.15) is 0 Å². The third-order valence-electron chi connectivity index (χ3n) is 3.21. The average Bonchev–Trinajstić information content (AvgIpc) is 2.82. The molecule has 0 aliphatic heterocycles. The minimum Gasteiger partial charge on any atom is -0.377 e. The van der Waals surface area contributed by atoms with Crippen LogP contribution in [0.5, 0.6) is 0 Å². The molecule has 3 aromatic rings. The van der Waals surface area contributed by atoms with E-state index in [1.165, 1.54) is 27.8 Å². The molecule has 90 valence electrons. The van der Waals surface area contributed by atoms with E-state index in [4.69, 9.17) is 0 Å². The van der Waals surface area contributed by atoms with Crippen molar-refractivity contribution in [1.29, 1.82) is 0 Å². The quantitative estimate of drug-likeness (QED) is 0.715. The van der Waals surface area contributed by atoms with Crippen molar-refractivity contribution in [1.82, 2.24) is 4.98 Å². The minimum atomic E-state index is 1.17. The van der Waals surface area contributed by atoms with Crippen molar-refractivity contribution in [2.75, 3.05) is 19.0 Å². The number of hydrogen-bond acceptors (Lipinski definition) is 1. The molecule has 0 amide bonds. The minimum absolute atomic E-state index is 1.17. The summed E-state index contributed by atoms with van der Waals surface area (Å²) in [5.74, 6) is 0. The summed E-state index contributed by atoms with van der Waals surface area (Å²) >= 11 is 0. The molecule has 2 aromatic carbocycles. The van der Waals surface area contributed by atoms with Gasteiger partial charge in [0, 0.05) is 41.9 Å². The van der Waals surface area contributed by atoms with E-state index in [1.54, 1.807) is 0 Å². The van der Waals surface area contributed by atoms with Gasteiger partial charge in [-0.25, -0.2) is 0 Å². The Labute approximate surface area is 107 Å². The Balaban J connectivity index is 2.20. The maximum Gasteiger partial charge on any atom is 0.0485 e. The van der Waals surface area contributed by atoms with E-state index in [0.717, 1.165) is 0 Å². The summed E-state index contributed by atoms with van der Waals surface area (Å²) in [6.45, 7) is 0. The Morgan fingerprint density at radius 1 is 0.889 bits per heavy atom. The fourth-order valence-corrected chi connectivity index (χ4v) is 2.31. The fourth-order valence-electron chi connectivity index (χ4n) is 2.31. The topological polar surface area (TPSA) is 19.0 Å². The molecule has 0 atom stereocenters. The van der Waals surface area contributed by atoms with E-state index < -0.39 is 0 Å². The van der Waals surface area contributed by atoms with Crippen LogP contribution < -0.4 is 4.90 Å². The molecule has 0 radical (unpaired) electrons. The summed E-state index contributed by atoms with van der Waals surface area (Å²) in [5, 5.41) is 1.25. The van der Waals surface area contributed by atoms with Crippen molar-refractivity contribution in [3.05, 3.63) is 54.6 Å². The van der Waals surface area contributed by atoms with Crippen molar-refractivity contribution in [2.45, 2.75) is 0 Å². The third-order valence-corrected chi connectivity index (χ3v) is 3.21. The van der Waals surface area contributed by atoms with Crippen LogP contribution in [0.3, 0.4) is 0 Å². The molecule has 0 saturated carbocycles. The number of rotatable bonds is 2. The molecule has 2 nitrogen and oxygen atoms in total. The smallest absolute Gasteiger partial charge is 0.0485 e. The number of hydrogen-bond donors (Lipinski definition) is 1. The highest BCUT2D eigenvalue weighted by Crippen LogP contribution is 2.31. The molecular formula is C16H16N2. The molecule has 0 aliphatic carbocycles. The molecule has 1 aromatic heterocycles. The second kappa shape index (κ2) is 4.22. The van der Waals surface area contributed by atoms with E-state index >= 15 is 0 Å². The van der Waals surface area contributed by atoms with Gasteiger partial charge in [-0.15, -0.1) is 0 Å². The van der Waals surface area contributed by atoms with E-state index in [-0.39, 0.29) is 0 Å². The number of benzene rings is 2. The Hall–Kier alpha value is -2.22. The molecule has 0 fully saturated rings. The van der Waals surface area contributed by atoms with Crippen LogP contribution in [0, 0.1) is 0 Å². The number of H-pyrrole nitrogens is 1. The number of aromatic nitrogens is 1. The van der Waals surface area contributed by atoms with Crippen molar-refractivity contribution in [2.24, 2.45) is 0 Å². The SMILES string of the molecule is CN(C)c1ccccc1-c1cc2ccccc2[nH]1. The van der Waals surface area contributed by atoms with Crippen molar-refractivity contribution < 1.29 is 0 Å². The summed E-state index contributed by atoms with van der Waals surface area (Å²) < 4.78 is 0. The van der Waals surface area contributed by atoms with E-state index in [2.05, 4.69) is 78.6 Å². The number of anilines is 1. The predicted octanol–water partition coefficient (Wildman–Crippen LogP) is 3.90. The number of aromatic amines is 1. The first kappa shape index (κ1) is 10.9. The first-order valence-corrected chi connectivity index (χ1v) is 6.10. The third kappa shape index (κ3) is 1.76. The summed E-state index contributed by atoms with van der Waals surface area (Å²) in [6, 6.07) is 19.0. The molecule has 0 aliphatic rings. The standard InChI is InChI=1S/C16H16N2/c1-18(2)16-10-6-4-8-13(16)15-11-12-7-3-5-9-14(12)17-15/h3-11,17H,1-2H3. The zero-order chi connectivity index (χ0) is 12.5. The average molecular weight is 236 g/mol. The van der Waals surface area contributed by atoms with Crippen molar-refractivity contribution >= 4 is 16.6 Å². The lowest BCUT2D eigenvalue weighted by atomic mass is 10.1. The molecule has 0 spiro atoms. The summed E-state index contributed by atoms with van der Waals surface area (Å²) in [5.41, 5.74) is 4.81. The lowest BCUT2D eigenvalue weighted by Gasteiger charge is -2.16. The maximum absolute atomic E-state index is 3.48. The molecule has 18 heavy (non-hydrogen) atoms. The Morgan fingerprint density at radius 3 is 2.39 bits per heavy atom. The zero-order valence-corrected chi connectivity index (χ0v) is 10.6. The van der Waals surface area contributed by atoms with Crippen LogP contribution in [0.25, 0.3) is 22.2 Å². The van der Waals surface area contributed by atoms with Crippen molar-refractivity contribution in [3.8, 4) is 11.3 Å². The van der Waals surface area contributed by atoms with Gasteiger partial charge >= 0.3 is 0 Å². The number of fused-ring (bicyclic) bond motifs is 1. The first-order valence-electron chi connectivity index (χ1n) is 6.10. The second-order valence-electron chi connectivity index (χ2n) is 4.68. The van der Waals surface area contributed by atoms with Crippen LogP contribution in [0.15, 0.2) is 54.6 Å². The molecule has 2 heteroatoms. The van der Waals surface area contributed by atoms with Crippen molar-refractivity contribution in [3.63, 3.8) is 0 Å². The maximum atomic E-state index is 3.48. The van der Waals surface area contributed by atoms with Gasteiger partial charge in [0.25, 0.3) is 0 Å². The van der Waals surface area contributed by atoms with Gasteiger partial charge in [-0.2, -0.15) is 0 Å². The number of nitrogens with zero attached hydrogens (tertiary/aromatic N) is 1. The molecule has 3 rings (SSSR count). The van der Waals surface area contributed by atoms with Gasteiger partial charge in [0.15, 0.2) is 0 Å². The predicted molar refractivity (Wildman–Crippen MR) is 78.1 cm³/mol. The summed E-state index contributed by atoms with van der Waals surface area (Å²) in [6.07, 6.45) is 0. The molecule has 0 bridgehead atoms. The number of para-hydroxylation sites is 2. The van der Waals surface area contributed by atoms with E-state index in [9.17, 15) is 0 Å². The van der Waals surface area contributed by atoms with Crippen LogP contribution in [-0.4, -0.2) is 19.1 Å². The Bertz CT molecular complexity index is 647. The van der Waals surface area contributed by atoms with Gasteiger partial charge in [-0.3, -0.25) is 0 Å². The lowest BCUT2D eigenvalue weighted by molar-refractivity contribution is 1.13. The first-order chi connectivity index (χ1) is 8.75.